The highest BCUT2D eigenvalue weighted by molar-refractivity contribution is 5.92. The quantitative estimate of drug-likeness (QED) is 0.841. The molecule has 1 aromatic heterocycles. The van der Waals surface area contributed by atoms with Crippen LogP contribution in [0.2, 0.25) is 0 Å². The molecule has 1 aromatic rings. The van der Waals surface area contributed by atoms with Crippen molar-refractivity contribution >= 4 is 5.91 Å². The molecule has 2 heterocycles. The maximum Gasteiger partial charge on any atom is 0.291 e. The van der Waals surface area contributed by atoms with Crippen molar-refractivity contribution in [3.8, 4) is 0 Å². The van der Waals surface area contributed by atoms with E-state index in [0.717, 1.165) is 31.8 Å². The van der Waals surface area contributed by atoms with Gasteiger partial charge in [-0.1, -0.05) is 19.8 Å². The zero-order valence-electron chi connectivity index (χ0n) is 12.2. The molecule has 106 valence electrons. The Bertz CT molecular complexity index is 439. The Hall–Kier alpha value is -1.32. The molecule has 19 heavy (non-hydrogen) atoms. The number of aryl methyl sites for hydroxylation is 2. The predicted octanol–water partition coefficient (Wildman–Crippen LogP) is 3.33. The van der Waals surface area contributed by atoms with Crippen LogP contribution in [0.4, 0.5) is 0 Å². The summed E-state index contributed by atoms with van der Waals surface area (Å²) < 4.78 is 5.44. The van der Waals surface area contributed by atoms with Crippen LogP contribution in [0.3, 0.4) is 0 Å². The van der Waals surface area contributed by atoms with Crippen molar-refractivity contribution in [2.75, 3.05) is 13.1 Å². The van der Waals surface area contributed by atoms with Crippen molar-refractivity contribution in [1.82, 2.24) is 9.88 Å². The third-order valence-electron chi connectivity index (χ3n) is 3.93. The van der Waals surface area contributed by atoms with Crippen molar-refractivity contribution < 1.29 is 9.21 Å². The Morgan fingerprint density at radius 1 is 1.37 bits per heavy atom. The highest BCUT2D eigenvalue weighted by Gasteiger charge is 2.25. The molecule has 4 nitrogen and oxygen atoms in total. The minimum absolute atomic E-state index is 0.00949. The van der Waals surface area contributed by atoms with Crippen molar-refractivity contribution in [2.24, 2.45) is 5.92 Å². The summed E-state index contributed by atoms with van der Waals surface area (Å²) in [6.45, 7) is 7.54. The Morgan fingerprint density at radius 3 is 2.79 bits per heavy atom. The number of oxazole rings is 1. The normalized spacial score (nSPS) is 20.4. The number of aromatic nitrogens is 1. The molecule has 0 radical (unpaired) electrons. The number of likely N-dealkylation sites (tertiary alicyclic amines) is 1. The molecule has 0 aliphatic carbocycles. The lowest BCUT2D eigenvalue weighted by molar-refractivity contribution is 0.0725. The monoisotopic (exact) mass is 264 g/mol. The van der Waals surface area contributed by atoms with Gasteiger partial charge in [0.2, 0.25) is 5.76 Å². The van der Waals surface area contributed by atoms with E-state index in [1.54, 1.807) is 6.92 Å². The van der Waals surface area contributed by atoms with Gasteiger partial charge >= 0.3 is 0 Å². The van der Waals surface area contributed by atoms with Crippen molar-refractivity contribution in [1.29, 1.82) is 0 Å². The van der Waals surface area contributed by atoms with Crippen LogP contribution >= 0.6 is 0 Å². The van der Waals surface area contributed by atoms with Gasteiger partial charge in [0.15, 0.2) is 5.89 Å². The molecular weight excluding hydrogens is 240 g/mol. The molecule has 0 N–H and O–H groups in total. The van der Waals surface area contributed by atoms with Crippen LogP contribution in [0.1, 0.15) is 61.2 Å². The summed E-state index contributed by atoms with van der Waals surface area (Å²) in [4.78, 5) is 18.6. The first kappa shape index (κ1) is 14.1. The first-order valence-electron chi connectivity index (χ1n) is 7.35. The van der Waals surface area contributed by atoms with Crippen LogP contribution in [0.25, 0.3) is 0 Å². The molecule has 1 fully saturated rings. The highest BCUT2D eigenvalue weighted by atomic mass is 16.4. The molecule has 1 saturated heterocycles. The second-order valence-corrected chi connectivity index (χ2v) is 5.53. The molecule has 1 atom stereocenters. The fourth-order valence-electron chi connectivity index (χ4n) is 2.94. The SMILES string of the molecule is CCCC1CCCN(C(=O)c2oc(C)nc2C)CC1. The van der Waals surface area contributed by atoms with Gasteiger partial charge in [0.1, 0.15) is 0 Å². The summed E-state index contributed by atoms with van der Waals surface area (Å²) >= 11 is 0. The zero-order chi connectivity index (χ0) is 13.8. The lowest BCUT2D eigenvalue weighted by Crippen LogP contribution is -2.32. The van der Waals surface area contributed by atoms with Gasteiger partial charge in [-0.3, -0.25) is 4.79 Å². The van der Waals surface area contributed by atoms with E-state index in [2.05, 4.69) is 11.9 Å². The third kappa shape index (κ3) is 3.37. The number of hydrogen-bond donors (Lipinski definition) is 0. The van der Waals surface area contributed by atoms with E-state index in [0.29, 0.717) is 17.3 Å². The molecule has 0 aromatic carbocycles. The largest absolute Gasteiger partial charge is 0.436 e. The van der Waals surface area contributed by atoms with Gasteiger partial charge < -0.3 is 9.32 Å². The summed E-state index contributed by atoms with van der Waals surface area (Å²) in [7, 11) is 0. The molecule has 0 spiro atoms. The molecule has 0 saturated carbocycles. The number of carbonyl (C=O) groups is 1. The molecule has 1 aliphatic rings. The summed E-state index contributed by atoms with van der Waals surface area (Å²) in [5, 5.41) is 0. The Balaban J connectivity index is 2.02. The van der Waals surface area contributed by atoms with Crippen LogP contribution in [-0.4, -0.2) is 28.9 Å². The lowest BCUT2D eigenvalue weighted by Gasteiger charge is -2.19. The topological polar surface area (TPSA) is 46.3 Å². The summed E-state index contributed by atoms with van der Waals surface area (Å²) in [5.74, 6) is 1.78. The van der Waals surface area contributed by atoms with E-state index in [-0.39, 0.29) is 5.91 Å². The summed E-state index contributed by atoms with van der Waals surface area (Å²) in [5.41, 5.74) is 0.705. The summed E-state index contributed by atoms with van der Waals surface area (Å²) in [6, 6.07) is 0. The third-order valence-corrected chi connectivity index (χ3v) is 3.93. The van der Waals surface area contributed by atoms with Gasteiger partial charge in [0.25, 0.3) is 5.91 Å². The second-order valence-electron chi connectivity index (χ2n) is 5.53. The molecule has 4 heteroatoms. The van der Waals surface area contributed by atoms with Crippen LogP contribution in [0, 0.1) is 19.8 Å². The van der Waals surface area contributed by atoms with E-state index in [4.69, 9.17) is 4.42 Å². The number of amides is 1. The number of rotatable bonds is 3. The average Bonchev–Trinajstić information content (AvgIpc) is 2.59. The first-order valence-corrected chi connectivity index (χ1v) is 7.35. The van der Waals surface area contributed by atoms with E-state index in [9.17, 15) is 4.79 Å². The molecule has 1 unspecified atom stereocenters. The van der Waals surface area contributed by atoms with Crippen LogP contribution in [0.5, 0.6) is 0 Å². The van der Waals surface area contributed by atoms with Crippen molar-refractivity contribution in [2.45, 2.75) is 52.9 Å². The molecular formula is C15H24N2O2. The maximum absolute atomic E-state index is 12.4. The van der Waals surface area contributed by atoms with Crippen LogP contribution < -0.4 is 0 Å². The Labute approximate surface area is 115 Å². The Morgan fingerprint density at radius 2 is 2.16 bits per heavy atom. The molecule has 1 amide bonds. The lowest BCUT2D eigenvalue weighted by atomic mass is 9.96. The minimum atomic E-state index is 0.00949. The highest BCUT2D eigenvalue weighted by Crippen LogP contribution is 2.23. The Kier molecular flexibility index (Phi) is 4.61. The van der Waals surface area contributed by atoms with Crippen LogP contribution in [-0.2, 0) is 0 Å². The maximum atomic E-state index is 12.4. The first-order chi connectivity index (χ1) is 9.11. The van der Waals surface area contributed by atoms with Gasteiger partial charge in [-0.2, -0.15) is 0 Å². The fourth-order valence-corrected chi connectivity index (χ4v) is 2.94. The fraction of sp³-hybridized carbons (Fsp3) is 0.733. The smallest absolute Gasteiger partial charge is 0.291 e. The standard InChI is InChI=1S/C15H24N2O2/c1-4-6-13-7-5-9-17(10-8-13)15(18)14-11(2)16-12(3)19-14/h13H,4-10H2,1-3H3. The molecule has 1 aliphatic heterocycles. The number of hydrogen-bond acceptors (Lipinski definition) is 3. The van der Waals surface area contributed by atoms with E-state index >= 15 is 0 Å². The number of carbonyl (C=O) groups excluding carboxylic acids is 1. The van der Waals surface area contributed by atoms with Gasteiger partial charge in [-0.25, -0.2) is 4.98 Å². The van der Waals surface area contributed by atoms with Gasteiger partial charge in [0, 0.05) is 20.0 Å². The predicted molar refractivity (Wildman–Crippen MR) is 74.1 cm³/mol. The van der Waals surface area contributed by atoms with E-state index < -0.39 is 0 Å². The van der Waals surface area contributed by atoms with E-state index in [1.807, 2.05) is 11.8 Å². The van der Waals surface area contributed by atoms with Crippen molar-refractivity contribution in [3.05, 3.63) is 17.3 Å². The minimum Gasteiger partial charge on any atom is -0.436 e. The average molecular weight is 264 g/mol. The van der Waals surface area contributed by atoms with Gasteiger partial charge in [-0.15, -0.1) is 0 Å². The van der Waals surface area contributed by atoms with Crippen LogP contribution in [0.15, 0.2) is 4.42 Å². The summed E-state index contributed by atoms with van der Waals surface area (Å²) in [6.07, 6.45) is 5.97. The van der Waals surface area contributed by atoms with Crippen molar-refractivity contribution in [3.63, 3.8) is 0 Å². The number of nitrogens with zero attached hydrogens (tertiary/aromatic N) is 2. The zero-order valence-corrected chi connectivity index (χ0v) is 12.2. The second kappa shape index (κ2) is 6.22. The van der Waals surface area contributed by atoms with Gasteiger partial charge in [-0.05, 0) is 32.1 Å². The van der Waals surface area contributed by atoms with E-state index in [1.165, 1.54) is 19.3 Å². The molecule has 2 rings (SSSR count). The molecule has 0 bridgehead atoms. The van der Waals surface area contributed by atoms with Gasteiger partial charge in [0.05, 0.1) is 5.69 Å².